The van der Waals surface area contributed by atoms with E-state index in [1.807, 2.05) is 0 Å². The van der Waals surface area contributed by atoms with Gasteiger partial charge in [-0.15, -0.1) is 0 Å². The van der Waals surface area contributed by atoms with Crippen LogP contribution in [-0.4, -0.2) is 16.0 Å². The van der Waals surface area contributed by atoms with Gasteiger partial charge in [-0.1, -0.05) is 23.4 Å². The van der Waals surface area contributed by atoms with Crippen molar-refractivity contribution in [2.45, 2.75) is 0 Å². The fraction of sp³-hybridized carbons (Fsp3) is 0. The second kappa shape index (κ2) is 4.61. The van der Waals surface area contributed by atoms with E-state index in [0.29, 0.717) is 16.8 Å². The topological polar surface area (TPSA) is 71.5 Å². The van der Waals surface area contributed by atoms with Crippen molar-refractivity contribution in [3.8, 4) is 11.1 Å². The first kappa shape index (κ1) is 11.1. The number of oxime groups is 1. The standard InChI is InChI=1S/C12H10FN3O/c13-10-4-2-1-3-9(10)8-5-6-15-11(7-8)12(14)16-17/h1-7,17H,(H2,14,16). The third-order valence-electron chi connectivity index (χ3n) is 2.31. The Bertz CT molecular complexity index is 569. The summed E-state index contributed by atoms with van der Waals surface area (Å²) in [7, 11) is 0. The Balaban J connectivity index is 2.51. The van der Waals surface area contributed by atoms with Crippen LogP contribution in [0.1, 0.15) is 5.69 Å². The summed E-state index contributed by atoms with van der Waals surface area (Å²) in [6.07, 6.45) is 1.48. The normalized spacial score (nSPS) is 11.5. The summed E-state index contributed by atoms with van der Waals surface area (Å²) < 4.78 is 13.6. The highest BCUT2D eigenvalue weighted by atomic mass is 19.1. The number of halogens is 1. The SMILES string of the molecule is N/C(=N\O)c1cc(-c2ccccc2F)ccn1. The van der Waals surface area contributed by atoms with Crippen molar-refractivity contribution in [1.82, 2.24) is 4.98 Å². The Kier molecular flexibility index (Phi) is 3.00. The molecular formula is C12H10FN3O. The number of nitrogens with zero attached hydrogens (tertiary/aromatic N) is 2. The summed E-state index contributed by atoms with van der Waals surface area (Å²) in [5.74, 6) is -0.438. The molecule has 0 bridgehead atoms. The number of amidine groups is 1. The van der Waals surface area contributed by atoms with Crippen molar-refractivity contribution >= 4 is 5.84 Å². The monoisotopic (exact) mass is 231 g/mol. The quantitative estimate of drug-likeness (QED) is 0.359. The lowest BCUT2D eigenvalue weighted by Crippen LogP contribution is -2.14. The van der Waals surface area contributed by atoms with E-state index in [1.54, 1.807) is 30.3 Å². The van der Waals surface area contributed by atoms with Crippen molar-refractivity contribution in [3.63, 3.8) is 0 Å². The lowest BCUT2D eigenvalue weighted by Gasteiger charge is -2.04. The van der Waals surface area contributed by atoms with Crippen LogP contribution < -0.4 is 5.73 Å². The average Bonchev–Trinajstić information content (AvgIpc) is 2.38. The molecule has 86 valence electrons. The van der Waals surface area contributed by atoms with E-state index in [0.717, 1.165) is 0 Å². The Morgan fingerprint density at radius 3 is 2.76 bits per heavy atom. The van der Waals surface area contributed by atoms with E-state index in [1.165, 1.54) is 12.3 Å². The summed E-state index contributed by atoms with van der Waals surface area (Å²) in [4.78, 5) is 3.93. The summed E-state index contributed by atoms with van der Waals surface area (Å²) in [5, 5.41) is 11.4. The van der Waals surface area contributed by atoms with Crippen LogP contribution in [0.2, 0.25) is 0 Å². The number of hydrogen-bond donors (Lipinski definition) is 2. The van der Waals surface area contributed by atoms with Gasteiger partial charge in [-0.05, 0) is 23.8 Å². The van der Waals surface area contributed by atoms with Gasteiger partial charge in [0.25, 0.3) is 0 Å². The smallest absolute Gasteiger partial charge is 0.188 e. The first-order chi connectivity index (χ1) is 8.22. The minimum Gasteiger partial charge on any atom is -0.409 e. The van der Waals surface area contributed by atoms with Crippen LogP contribution in [0.3, 0.4) is 0 Å². The molecule has 0 saturated heterocycles. The molecule has 1 heterocycles. The van der Waals surface area contributed by atoms with E-state index < -0.39 is 0 Å². The molecule has 2 rings (SSSR count). The second-order valence-electron chi connectivity index (χ2n) is 3.39. The Morgan fingerprint density at radius 1 is 1.29 bits per heavy atom. The van der Waals surface area contributed by atoms with Crippen molar-refractivity contribution in [3.05, 3.63) is 54.1 Å². The molecule has 5 heteroatoms. The molecule has 0 atom stereocenters. The Labute approximate surface area is 97.2 Å². The zero-order chi connectivity index (χ0) is 12.3. The molecule has 0 radical (unpaired) electrons. The van der Waals surface area contributed by atoms with Gasteiger partial charge >= 0.3 is 0 Å². The van der Waals surface area contributed by atoms with E-state index >= 15 is 0 Å². The maximum absolute atomic E-state index is 13.6. The van der Waals surface area contributed by atoms with Crippen LogP contribution in [-0.2, 0) is 0 Å². The largest absolute Gasteiger partial charge is 0.409 e. The molecule has 0 aliphatic rings. The van der Waals surface area contributed by atoms with E-state index in [-0.39, 0.29) is 11.7 Å². The lowest BCUT2D eigenvalue weighted by molar-refractivity contribution is 0.318. The van der Waals surface area contributed by atoms with E-state index in [2.05, 4.69) is 10.1 Å². The van der Waals surface area contributed by atoms with Crippen molar-refractivity contribution < 1.29 is 9.60 Å². The van der Waals surface area contributed by atoms with Crippen molar-refractivity contribution in [2.75, 3.05) is 0 Å². The molecule has 2 aromatic rings. The molecule has 0 amide bonds. The zero-order valence-electron chi connectivity index (χ0n) is 8.84. The number of hydrogen-bond acceptors (Lipinski definition) is 3. The van der Waals surface area contributed by atoms with Gasteiger partial charge in [0, 0.05) is 11.8 Å². The first-order valence-corrected chi connectivity index (χ1v) is 4.91. The van der Waals surface area contributed by atoms with Crippen LogP contribution in [0.15, 0.2) is 47.8 Å². The molecule has 1 aromatic heterocycles. The predicted octanol–water partition coefficient (Wildman–Crippen LogP) is 1.98. The number of rotatable bonds is 2. The van der Waals surface area contributed by atoms with Gasteiger partial charge in [-0.25, -0.2) is 4.39 Å². The van der Waals surface area contributed by atoms with Gasteiger partial charge in [0.1, 0.15) is 11.5 Å². The average molecular weight is 231 g/mol. The fourth-order valence-corrected chi connectivity index (χ4v) is 1.48. The van der Waals surface area contributed by atoms with Crippen LogP contribution in [0, 0.1) is 5.82 Å². The molecule has 0 unspecified atom stereocenters. The zero-order valence-corrected chi connectivity index (χ0v) is 8.84. The summed E-state index contributed by atoms with van der Waals surface area (Å²) in [6, 6.07) is 9.60. The molecule has 0 aliphatic carbocycles. The molecule has 1 aromatic carbocycles. The maximum Gasteiger partial charge on any atom is 0.188 e. The number of nitrogens with two attached hydrogens (primary N) is 1. The highest BCUT2D eigenvalue weighted by molar-refractivity contribution is 5.96. The lowest BCUT2D eigenvalue weighted by atomic mass is 10.1. The third-order valence-corrected chi connectivity index (χ3v) is 2.31. The maximum atomic E-state index is 13.6. The third kappa shape index (κ3) is 2.23. The molecule has 0 fully saturated rings. The van der Waals surface area contributed by atoms with Gasteiger partial charge in [0.05, 0.1) is 0 Å². The number of aromatic nitrogens is 1. The Morgan fingerprint density at radius 2 is 2.06 bits per heavy atom. The van der Waals surface area contributed by atoms with Crippen LogP contribution in [0.25, 0.3) is 11.1 Å². The highest BCUT2D eigenvalue weighted by Crippen LogP contribution is 2.22. The summed E-state index contributed by atoms with van der Waals surface area (Å²) >= 11 is 0. The van der Waals surface area contributed by atoms with Crippen molar-refractivity contribution in [2.24, 2.45) is 10.9 Å². The molecule has 0 aliphatic heterocycles. The van der Waals surface area contributed by atoms with Crippen LogP contribution >= 0.6 is 0 Å². The first-order valence-electron chi connectivity index (χ1n) is 4.91. The summed E-state index contributed by atoms with van der Waals surface area (Å²) in [6.45, 7) is 0. The van der Waals surface area contributed by atoms with Gasteiger partial charge in [0.2, 0.25) is 0 Å². The van der Waals surface area contributed by atoms with Crippen LogP contribution in [0.4, 0.5) is 4.39 Å². The molecule has 4 nitrogen and oxygen atoms in total. The van der Waals surface area contributed by atoms with Gasteiger partial charge in [-0.2, -0.15) is 0 Å². The van der Waals surface area contributed by atoms with E-state index in [4.69, 9.17) is 10.9 Å². The number of benzene rings is 1. The predicted molar refractivity (Wildman–Crippen MR) is 62.1 cm³/mol. The fourth-order valence-electron chi connectivity index (χ4n) is 1.48. The molecule has 0 saturated carbocycles. The van der Waals surface area contributed by atoms with Gasteiger partial charge < -0.3 is 10.9 Å². The summed E-state index contributed by atoms with van der Waals surface area (Å²) in [5.41, 5.74) is 6.79. The van der Waals surface area contributed by atoms with Gasteiger partial charge in [-0.3, -0.25) is 4.98 Å². The van der Waals surface area contributed by atoms with Crippen LogP contribution in [0.5, 0.6) is 0 Å². The highest BCUT2D eigenvalue weighted by Gasteiger charge is 2.07. The Hall–Kier alpha value is -2.43. The number of pyridine rings is 1. The molecule has 0 spiro atoms. The minimum atomic E-state index is -0.329. The van der Waals surface area contributed by atoms with Crippen molar-refractivity contribution in [1.29, 1.82) is 0 Å². The van der Waals surface area contributed by atoms with Gasteiger partial charge in [0.15, 0.2) is 5.84 Å². The van der Waals surface area contributed by atoms with E-state index in [9.17, 15) is 4.39 Å². The minimum absolute atomic E-state index is 0.108. The second-order valence-corrected chi connectivity index (χ2v) is 3.39. The molecule has 17 heavy (non-hydrogen) atoms. The molecular weight excluding hydrogens is 221 g/mol. The molecule has 3 N–H and O–H groups in total.